The van der Waals surface area contributed by atoms with E-state index in [4.69, 9.17) is 15.2 Å². The number of nitrogens with two attached hydrogens (primary N) is 1. The molecule has 4 nitrogen and oxygen atoms in total. The monoisotopic (exact) mass is 299 g/mol. The van der Waals surface area contributed by atoms with E-state index in [-0.39, 0.29) is 5.41 Å². The topological polar surface area (TPSA) is 64.7 Å². The van der Waals surface area contributed by atoms with Gasteiger partial charge in [0.05, 0.1) is 0 Å². The van der Waals surface area contributed by atoms with Crippen LogP contribution < -0.4 is 15.2 Å². The Labute approximate surface area is 130 Å². The average molecular weight is 299 g/mol. The lowest BCUT2D eigenvalue weighted by Crippen LogP contribution is -2.43. The van der Waals surface area contributed by atoms with E-state index in [1.807, 2.05) is 30.3 Å². The highest BCUT2D eigenvalue weighted by Crippen LogP contribution is 2.45. The zero-order chi connectivity index (χ0) is 16.0. The van der Waals surface area contributed by atoms with Gasteiger partial charge in [-0.3, -0.25) is 0 Å². The number of ether oxygens (including phenoxy) is 2. The van der Waals surface area contributed by atoms with Crippen molar-refractivity contribution in [3.63, 3.8) is 0 Å². The van der Waals surface area contributed by atoms with Crippen molar-refractivity contribution in [2.75, 3.05) is 5.73 Å². The summed E-state index contributed by atoms with van der Waals surface area (Å²) in [6.45, 7) is 5.89. The van der Waals surface area contributed by atoms with Crippen molar-refractivity contribution in [2.45, 2.75) is 38.4 Å². The standard InChI is InChI=1S/C18H21NO3/c1-17(2)11-18(3,20)22-16-10-14(8-9-15(16)17)21-13-6-4-12(19)5-7-13/h4-10,20H,11,19H2,1-3H3. The lowest BCUT2D eigenvalue weighted by Gasteiger charge is -2.41. The lowest BCUT2D eigenvalue weighted by atomic mass is 9.76. The Hall–Kier alpha value is -2.20. The van der Waals surface area contributed by atoms with Crippen molar-refractivity contribution in [3.05, 3.63) is 48.0 Å². The van der Waals surface area contributed by atoms with Crippen LogP contribution in [0.2, 0.25) is 0 Å². The van der Waals surface area contributed by atoms with Gasteiger partial charge in [0.2, 0.25) is 5.79 Å². The van der Waals surface area contributed by atoms with E-state index >= 15 is 0 Å². The van der Waals surface area contributed by atoms with Crippen LogP contribution in [0.4, 0.5) is 5.69 Å². The highest BCUT2D eigenvalue weighted by Gasteiger charge is 2.40. The minimum Gasteiger partial charge on any atom is -0.462 e. The number of anilines is 1. The molecule has 0 aromatic heterocycles. The number of rotatable bonds is 2. The zero-order valence-corrected chi connectivity index (χ0v) is 13.1. The number of fused-ring (bicyclic) bond motifs is 1. The average Bonchev–Trinajstić information content (AvgIpc) is 2.38. The van der Waals surface area contributed by atoms with Crippen LogP contribution in [0.25, 0.3) is 0 Å². The second-order valence-electron chi connectivity index (χ2n) is 6.67. The van der Waals surface area contributed by atoms with Gasteiger partial charge in [-0.2, -0.15) is 0 Å². The van der Waals surface area contributed by atoms with Gasteiger partial charge in [0.25, 0.3) is 0 Å². The third kappa shape index (κ3) is 2.88. The van der Waals surface area contributed by atoms with Gasteiger partial charge in [-0.25, -0.2) is 0 Å². The molecule has 22 heavy (non-hydrogen) atoms. The van der Waals surface area contributed by atoms with E-state index in [9.17, 15) is 5.11 Å². The maximum atomic E-state index is 10.3. The van der Waals surface area contributed by atoms with Crippen LogP contribution in [-0.2, 0) is 5.41 Å². The molecule has 2 aromatic rings. The van der Waals surface area contributed by atoms with Crippen LogP contribution in [0.1, 0.15) is 32.8 Å². The summed E-state index contributed by atoms with van der Waals surface area (Å²) in [6.07, 6.45) is 0.547. The highest BCUT2D eigenvalue weighted by atomic mass is 16.6. The molecule has 0 saturated carbocycles. The number of aliphatic hydroxyl groups is 1. The molecule has 1 aliphatic heterocycles. The Bertz CT molecular complexity index is 690. The van der Waals surface area contributed by atoms with Crippen molar-refractivity contribution < 1.29 is 14.6 Å². The molecule has 0 spiro atoms. The molecule has 0 saturated heterocycles. The van der Waals surface area contributed by atoms with Crippen LogP contribution in [-0.4, -0.2) is 10.9 Å². The van der Waals surface area contributed by atoms with Gasteiger partial charge in [-0.15, -0.1) is 0 Å². The molecule has 1 heterocycles. The van der Waals surface area contributed by atoms with E-state index < -0.39 is 5.79 Å². The van der Waals surface area contributed by atoms with Crippen LogP contribution in [0.15, 0.2) is 42.5 Å². The van der Waals surface area contributed by atoms with Gasteiger partial charge in [0.1, 0.15) is 17.2 Å². The maximum Gasteiger partial charge on any atom is 0.206 e. The predicted octanol–water partition coefficient (Wildman–Crippen LogP) is 3.83. The van der Waals surface area contributed by atoms with Gasteiger partial charge in [-0.05, 0) is 35.7 Å². The molecule has 0 radical (unpaired) electrons. The zero-order valence-electron chi connectivity index (χ0n) is 13.1. The van der Waals surface area contributed by atoms with Crippen LogP contribution in [0.3, 0.4) is 0 Å². The molecule has 3 N–H and O–H groups in total. The number of benzene rings is 2. The Morgan fingerprint density at radius 1 is 1.05 bits per heavy atom. The summed E-state index contributed by atoms with van der Waals surface area (Å²) in [6, 6.07) is 12.9. The summed E-state index contributed by atoms with van der Waals surface area (Å²) in [5, 5.41) is 10.3. The van der Waals surface area contributed by atoms with Crippen molar-refractivity contribution in [2.24, 2.45) is 0 Å². The quantitative estimate of drug-likeness (QED) is 0.827. The normalized spacial score (nSPS) is 22.5. The summed E-state index contributed by atoms with van der Waals surface area (Å²) < 4.78 is 11.5. The first-order valence-electron chi connectivity index (χ1n) is 7.35. The Morgan fingerprint density at radius 3 is 2.36 bits per heavy atom. The number of hydrogen-bond donors (Lipinski definition) is 2. The fourth-order valence-electron chi connectivity index (χ4n) is 3.07. The SMILES string of the molecule is CC1(O)CC(C)(C)c2ccc(Oc3ccc(N)cc3)cc2O1. The number of nitrogen functional groups attached to an aromatic ring is 1. The molecule has 0 bridgehead atoms. The molecule has 0 amide bonds. The van der Waals surface area contributed by atoms with E-state index in [1.54, 1.807) is 19.1 Å². The minimum atomic E-state index is -1.17. The van der Waals surface area contributed by atoms with Crippen molar-refractivity contribution in [1.82, 2.24) is 0 Å². The van der Waals surface area contributed by atoms with E-state index in [0.717, 1.165) is 5.56 Å². The van der Waals surface area contributed by atoms with Gasteiger partial charge < -0.3 is 20.3 Å². The van der Waals surface area contributed by atoms with Crippen molar-refractivity contribution in [1.29, 1.82) is 0 Å². The Balaban J connectivity index is 1.92. The fourth-order valence-corrected chi connectivity index (χ4v) is 3.07. The smallest absolute Gasteiger partial charge is 0.206 e. The minimum absolute atomic E-state index is 0.156. The first kappa shape index (κ1) is 14.7. The molecule has 0 fully saturated rings. The van der Waals surface area contributed by atoms with Gasteiger partial charge >= 0.3 is 0 Å². The van der Waals surface area contributed by atoms with Crippen LogP contribution >= 0.6 is 0 Å². The third-order valence-corrected chi connectivity index (χ3v) is 3.90. The molecule has 0 aliphatic carbocycles. The van der Waals surface area contributed by atoms with Crippen molar-refractivity contribution >= 4 is 5.69 Å². The molecule has 1 atom stereocenters. The van der Waals surface area contributed by atoms with E-state index in [0.29, 0.717) is 29.4 Å². The maximum absolute atomic E-state index is 10.3. The van der Waals surface area contributed by atoms with Gasteiger partial charge in [0, 0.05) is 30.7 Å². The molecule has 2 aromatic carbocycles. The summed E-state index contributed by atoms with van der Waals surface area (Å²) in [7, 11) is 0. The van der Waals surface area contributed by atoms with E-state index in [1.165, 1.54) is 0 Å². The molecule has 1 aliphatic rings. The molecule has 116 valence electrons. The highest BCUT2D eigenvalue weighted by molar-refractivity contribution is 5.48. The molecule has 3 rings (SSSR count). The predicted molar refractivity (Wildman–Crippen MR) is 86.3 cm³/mol. The molecule has 4 heteroatoms. The van der Waals surface area contributed by atoms with Gasteiger partial charge in [0.15, 0.2) is 0 Å². The summed E-state index contributed by atoms with van der Waals surface area (Å²) in [5.74, 6) is 0.859. The largest absolute Gasteiger partial charge is 0.462 e. The van der Waals surface area contributed by atoms with E-state index in [2.05, 4.69) is 13.8 Å². The van der Waals surface area contributed by atoms with Crippen LogP contribution in [0.5, 0.6) is 17.2 Å². The first-order valence-corrected chi connectivity index (χ1v) is 7.35. The van der Waals surface area contributed by atoms with Crippen molar-refractivity contribution in [3.8, 4) is 17.2 Å². The summed E-state index contributed by atoms with van der Waals surface area (Å²) in [4.78, 5) is 0. The third-order valence-electron chi connectivity index (χ3n) is 3.90. The Morgan fingerprint density at radius 2 is 1.68 bits per heavy atom. The number of hydrogen-bond acceptors (Lipinski definition) is 4. The molecular formula is C18H21NO3. The second-order valence-corrected chi connectivity index (χ2v) is 6.67. The summed E-state index contributed by atoms with van der Waals surface area (Å²) in [5.41, 5.74) is 7.28. The first-order chi connectivity index (χ1) is 10.3. The lowest BCUT2D eigenvalue weighted by molar-refractivity contribution is -0.148. The van der Waals surface area contributed by atoms with Gasteiger partial charge in [-0.1, -0.05) is 19.9 Å². The second kappa shape index (κ2) is 4.92. The molecular weight excluding hydrogens is 278 g/mol. The summed E-state index contributed by atoms with van der Waals surface area (Å²) >= 11 is 0. The fraction of sp³-hybridized carbons (Fsp3) is 0.333. The van der Waals surface area contributed by atoms with Crippen LogP contribution in [0, 0.1) is 0 Å². The Kier molecular flexibility index (Phi) is 3.29. The molecule has 1 unspecified atom stereocenters.